The number of unbranched alkanes of at least 4 members (excludes halogenated alkanes) is 12. The number of hydrogen-bond acceptors (Lipinski definition) is 1. The number of hydrogen-bond donors (Lipinski definition) is 1. The Balaban J connectivity index is 3.23. The van der Waals surface area contributed by atoms with Gasteiger partial charge in [0, 0.05) is 0 Å². The molecule has 0 heterocycles. The van der Waals surface area contributed by atoms with Crippen LogP contribution in [-0.2, 0) is 0 Å². The van der Waals surface area contributed by atoms with Crippen LogP contribution in [0.2, 0.25) is 0 Å². The highest BCUT2D eigenvalue weighted by Crippen LogP contribution is 2.22. The third-order valence-corrected chi connectivity index (χ3v) is 4.64. The van der Waals surface area contributed by atoms with Crippen LogP contribution in [0.3, 0.4) is 0 Å². The van der Waals surface area contributed by atoms with Crippen molar-refractivity contribution in [2.75, 3.05) is 0 Å². The molecule has 0 aliphatic rings. The van der Waals surface area contributed by atoms with Gasteiger partial charge in [0.15, 0.2) is 0 Å². The first-order chi connectivity index (χ1) is 10.1. The van der Waals surface area contributed by atoms with E-state index in [4.69, 9.17) is 0 Å². The first kappa shape index (κ1) is 21.0. The summed E-state index contributed by atoms with van der Waals surface area (Å²) in [5, 5.41) is 10.3. The standard InChI is InChI=1S/C20H42O/c1-4-6-8-9-10-11-12-13-14-15-17-19-20(3,21)18-16-7-5-2/h21H,4-19H2,1-3H3. The zero-order valence-corrected chi connectivity index (χ0v) is 15.3. The fourth-order valence-corrected chi connectivity index (χ4v) is 3.05. The lowest BCUT2D eigenvalue weighted by atomic mass is 9.92. The van der Waals surface area contributed by atoms with Gasteiger partial charge < -0.3 is 5.11 Å². The Bertz CT molecular complexity index is 198. The van der Waals surface area contributed by atoms with E-state index in [-0.39, 0.29) is 0 Å². The summed E-state index contributed by atoms with van der Waals surface area (Å²) in [5.41, 5.74) is -0.408. The summed E-state index contributed by atoms with van der Waals surface area (Å²) < 4.78 is 0. The van der Waals surface area contributed by atoms with Gasteiger partial charge in [-0.05, 0) is 19.8 Å². The minimum Gasteiger partial charge on any atom is -0.390 e. The summed E-state index contributed by atoms with van der Waals surface area (Å²) in [6.45, 7) is 6.53. The fraction of sp³-hybridized carbons (Fsp3) is 1.00. The molecule has 1 heteroatoms. The normalized spacial score (nSPS) is 14.3. The van der Waals surface area contributed by atoms with Crippen molar-refractivity contribution in [2.24, 2.45) is 0 Å². The summed E-state index contributed by atoms with van der Waals surface area (Å²) in [6.07, 6.45) is 20.8. The smallest absolute Gasteiger partial charge is 0.0619 e. The van der Waals surface area contributed by atoms with E-state index >= 15 is 0 Å². The topological polar surface area (TPSA) is 20.2 Å². The maximum atomic E-state index is 10.3. The summed E-state index contributed by atoms with van der Waals surface area (Å²) in [6, 6.07) is 0. The lowest BCUT2D eigenvalue weighted by Crippen LogP contribution is -2.23. The molecule has 1 atom stereocenters. The second-order valence-corrected chi connectivity index (χ2v) is 7.24. The van der Waals surface area contributed by atoms with E-state index in [1.54, 1.807) is 0 Å². The van der Waals surface area contributed by atoms with Crippen molar-refractivity contribution in [2.45, 2.75) is 129 Å². The number of aliphatic hydroxyl groups is 1. The highest BCUT2D eigenvalue weighted by Gasteiger charge is 2.18. The van der Waals surface area contributed by atoms with Crippen LogP contribution in [0.15, 0.2) is 0 Å². The van der Waals surface area contributed by atoms with Crippen molar-refractivity contribution in [3.63, 3.8) is 0 Å². The van der Waals surface area contributed by atoms with Crippen molar-refractivity contribution in [1.82, 2.24) is 0 Å². The lowest BCUT2D eigenvalue weighted by molar-refractivity contribution is 0.0367. The van der Waals surface area contributed by atoms with E-state index < -0.39 is 5.60 Å². The highest BCUT2D eigenvalue weighted by molar-refractivity contribution is 4.72. The van der Waals surface area contributed by atoms with E-state index in [1.807, 2.05) is 6.92 Å². The predicted molar refractivity (Wildman–Crippen MR) is 95.8 cm³/mol. The quantitative estimate of drug-likeness (QED) is 0.304. The second kappa shape index (κ2) is 14.9. The molecule has 128 valence electrons. The van der Waals surface area contributed by atoms with Gasteiger partial charge in [-0.1, -0.05) is 104 Å². The zero-order valence-electron chi connectivity index (χ0n) is 15.3. The molecule has 0 aliphatic heterocycles. The van der Waals surface area contributed by atoms with Crippen LogP contribution >= 0.6 is 0 Å². The maximum Gasteiger partial charge on any atom is 0.0619 e. The van der Waals surface area contributed by atoms with E-state index in [0.717, 1.165) is 12.8 Å². The van der Waals surface area contributed by atoms with Gasteiger partial charge >= 0.3 is 0 Å². The predicted octanol–water partition coefficient (Wildman–Crippen LogP) is 7.02. The molecule has 1 N–H and O–H groups in total. The van der Waals surface area contributed by atoms with Crippen LogP contribution in [0, 0.1) is 0 Å². The maximum absolute atomic E-state index is 10.3. The largest absolute Gasteiger partial charge is 0.390 e. The van der Waals surface area contributed by atoms with Crippen LogP contribution in [0.4, 0.5) is 0 Å². The molecule has 1 nitrogen and oxygen atoms in total. The van der Waals surface area contributed by atoms with Crippen LogP contribution in [0.25, 0.3) is 0 Å². The van der Waals surface area contributed by atoms with Gasteiger partial charge in [0.1, 0.15) is 0 Å². The Morgan fingerprint density at radius 3 is 1.24 bits per heavy atom. The average Bonchev–Trinajstić information content (AvgIpc) is 2.45. The summed E-state index contributed by atoms with van der Waals surface area (Å²) in [5.74, 6) is 0. The molecule has 0 bridgehead atoms. The fourth-order valence-electron chi connectivity index (χ4n) is 3.05. The van der Waals surface area contributed by atoms with Crippen LogP contribution in [0.1, 0.15) is 124 Å². The zero-order chi connectivity index (χ0) is 15.8. The monoisotopic (exact) mass is 298 g/mol. The van der Waals surface area contributed by atoms with E-state index in [1.165, 1.54) is 89.9 Å². The molecule has 0 saturated heterocycles. The molecule has 0 radical (unpaired) electrons. The van der Waals surface area contributed by atoms with Gasteiger partial charge in [0.05, 0.1) is 5.60 Å². The van der Waals surface area contributed by atoms with E-state index in [9.17, 15) is 5.11 Å². The molecule has 0 aromatic carbocycles. The Morgan fingerprint density at radius 1 is 0.524 bits per heavy atom. The van der Waals surface area contributed by atoms with Crippen LogP contribution in [0.5, 0.6) is 0 Å². The summed E-state index contributed by atoms with van der Waals surface area (Å²) in [4.78, 5) is 0. The van der Waals surface area contributed by atoms with Gasteiger partial charge in [-0.15, -0.1) is 0 Å². The van der Waals surface area contributed by atoms with Gasteiger partial charge in [-0.3, -0.25) is 0 Å². The molecule has 0 saturated carbocycles. The van der Waals surface area contributed by atoms with E-state index in [0.29, 0.717) is 0 Å². The van der Waals surface area contributed by atoms with Crippen molar-refractivity contribution < 1.29 is 5.11 Å². The SMILES string of the molecule is CCCCCCCCCCCCCC(C)(O)CCCCC. The Labute approximate surface area is 134 Å². The Hall–Kier alpha value is -0.0400. The van der Waals surface area contributed by atoms with Crippen LogP contribution in [-0.4, -0.2) is 10.7 Å². The molecule has 1 unspecified atom stereocenters. The first-order valence-corrected chi connectivity index (χ1v) is 9.84. The third-order valence-electron chi connectivity index (χ3n) is 4.64. The molecule has 21 heavy (non-hydrogen) atoms. The first-order valence-electron chi connectivity index (χ1n) is 9.84. The van der Waals surface area contributed by atoms with Crippen molar-refractivity contribution >= 4 is 0 Å². The van der Waals surface area contributed by atoms with Crippen molar-refractivity contribution in [1.29, 1.82) is 0 Å². The third kappa shape index (κ3) is 16.2. The van der Waals surface area contributed by atoms with Gasteiger partial charge in [-0.2, -0.15) is 0 Å². The summed E-state index contributed by atoms with van der Waals surface area (Å²) >= 11 is 0. The molecule has 0 spiro atoms. The van der Waals surface area contributed by atoms with Gasteiger partial charge in [0.25, 0.3) is 0 Å². The molecular weight excluding hydrogens is 256 g/mol. The summed E-state index contributed by atoms with van der Waals surface area (Å²) in [7, 11) is 0. The Kier molecular flexibility index (Phi) is 14.9. The van der Waals surface area contributed by atoms with Crippen LogP contribution < -0.4 is 0 Å². The second-order valence-electron chi connectivity index (χ2n) is 7.24. The molecule has 0 aliphatic carbocycles. The molecular formula is C20H42O. The molecule has 0 fully saturated rings. The molecule has 0 amide bonds. The average molecular weight is 299 g/mol. The van der Waals surface area contributed by atoms with Crippen molar-refractivity contribution in [3.05, 3.63) is 0 Å². The van der Waals surface area contributed by atoms with Gasteiger partial charge in [-0.25, -0.2) is 0 Å². The Morgan fingerprint density at radius 2 is 0.810 bits per heavy atom. The van der Waals surface area contributed by atoms with Gasteiger partial charge in [0.2, 0.25) is 0 Å². The highest BCUT2D eigenvalue weighted by atomic mass is 16.3. The lowest BCUT2D eigenvalue weighted by Gasteiger charge is -2.23. The number of rotatable bonds is 16. The minimum absolute atomic E-state index is 0.408. The van der Waals surface area contributed by atoms with Crippen molar-refractivity contribution in [3.8, 4) is 0 Å². The molecule has 0 rings (SSSR count). The minimum atomic E-state index is -0.408. The van der Waals surface area contributed by atoms with E-state index in [2.05, 4.69) is 13.8 Å². The molecule has 0 aromatic heterocycles. The molecule has 0 aromatic rings.